The van der Waals surface area contributed by atoms with Gasteiger partial charge in [0.05, 0.1) is 0 Å². The van der Waals surface area contributed by atoms with Crippen molar-refractivity contribution < 1.29 is 0 Å². The van der Waals surface area contributed by atoms with Crippen LogP contribution in [0, 0.1) is 3.57 Å². The molecule has 0 amide bonds. The van der Waals surface area contributed by atoms with Gasteiger partial charge in [0.25, 0.3) is 0 Å². The van der Waals surface area contributed by atoms with Crippen LogP contribution in [-0.4, -0.2) is 9.55 Å². The molecule has 1 aromatic carbocycles. The molecule has 0 unspecified atom stereocenters. The van der Waals surface area contributed by atoms with Gasteiger partial charge in [-0.25, -0.2) is 4.98 Å². The monoisotopic (exact) mass is 354 g/mol. The Balaban J connectivity index is 2.08. The molecular weight excluding hydrogens is 335 g/mol. The normalized spacial score (nSPS) is 10.8. The number of hydrogen-bond acceptors (Lipinski definition) is 1. The molecule has 3 heteroatoms. The van der Waals surface area contributed by atoms with Crippen LogP contribution < -0.4 is 0 Å². The van der Waals surface area contributed by atoms with Crippen LogP contribution in [0.5, 0.6) is 0 Å². The van der Waals surface area contributed by atoms with Crippen LogP contribution in [0.4, 0.5) is 0 Å². The predicted octanol–water partition coefficient (Wildman–Crippen LogP) is 4.74. The predicted molar refractivity (Wildman–Crippen MR) is 84.5 cm³/mol. The van der Waals surface area contributed by atoms with E-state index < -0.39 is 0 Å². The van der Waals surface area contributed by atoms with Crippen molar-refractivity contribution in [1.82, 2.24) is 9.55 Å². The highest BCUT2D eigenvalue weighted by Crippen LogP contribution is 2.20. The number of aryl methyl sites for hydroxylation is 1. The molecular formula is C15H19IN2. The Labute approximate surface area is 123 Å². The van der Waals surface area contributed by atoms with Gasteiger partial charge in [0.15, 0.2) is 0 Å². The van der Waals surface area contributed by atoms with E-state index in [4.69, 9.17) is 0 Å². The van der Waals surface area contributed by atoms with Gasteiger partial charge in [0, 0.05) is 28.1 Å². The number of benzene rings is 1. The van der Waals surface area contributed by atoms with Gasteiger partial charge < -0.3 is 4.57 Å². The van der Waals surface area contributed by atoms with Crippen LogP contribution in [0.1, 0.15) is 32.6 Å². The lowest BCUT2D eigenvalue weighted by Gasteiger charge is -2.08. The van der Waals surface area contributed by atoms with Crippen molar-refractivity contribution in [2.75, 3.05) is 0 Å². The Morgan fingerprint density at radius 3 is 2.89 bits per heavy atom. The summed E-state index contributed by atoms with van der Waals surface area (Å²) in [5, 5.41) is 0. The molecule has 0 fully saturated rings. The zero-order valence-corrected chi connectivity index (χ0v) is 12.9. The van der Waals surface area contributed by atoms with Crippen molar-refractivity contribution in [3.8, 4) is 11.4 Å². The van der Waals surface area contributed by atoms with Crippen molar-refractivity contribution in [2.24, 2.45) is 0 Å². The maximum absolute atomic E-state index is 4.49. The molecule has 2 nitrogen and oxygen atoms in total. The van der Waals surface area contributed by atoms with Crippen LogP contribution in [-0.2, 0) is 6.54 Å². The summed E-state index contributed by atoms with van der Waals surface area (Å²) in [4.78, 5) is 4.49. The van der Waals surface area contributed by atoms with Gasteiger partial charge in [-0.15, -0.1) is 0 Å². The Kier molecular flexibility index (Phi) is 5.23. The molecule has 0 aliphatic heterocycles. The van der Waals surface area contributed by atoms with E-state index in [0.717, 1.165) is 12.4 Å². The SMILES string of the molecule is CCCCCCn1ccnc1-c1cccc(I)c1. The van der Waals surface area contributed by atoms with Crippen molar-refractivity contribution in [3.05, 3.63) is 40.2 Å². The average Bonchev–Trinajstić information content (AvgIpc) is 2.83. The third-order valence-corrected chi connectivity index (χ3v) is 3.72. The number of rotatable bonds is 6. The molecule has 0 aliphatic rings. The second-order valence-corrected chi connectivity index (χ2v) is 5.76. The first-order chi connectivity index (χ1) is 8.81. The minimum absolute atomic E-state index is 1.07. The number of imidazole rings is 1. The summed E-state index contributed by atoms with van der Waals surface area (Å²) in [6, 6.07) is 8.52. The van der Waals surface area contributed by atoms with E-state index in [9.17, 15) is 0 Å². The Bertz CT molecular complexity index is 491. The summed E-state index contributed by atoms with van der Waals surface area (Å²) < 4.78 is 3.52. The number of halogens is 1. The summed E-state index contributed by atoms with van der Waals surface area (Å²) in [6.45, 7) is 3.31. The third kappa shape index (κ3) is 3.57. The molecule has 0 N–H and O–H groups in total. The first-order valence-corrected chi connectivity index (χ1v) is 7.66. The molecule has 0 spiro atoms. The molecule has 0 atom stereocenters. The van der Waals surface area contributed by atoms with Gasteiger partial charge in [-0.2, -0.15) is 0 Å². The highest BCUT2D eigenvalue weighted by molar-refractivity contribution is 14.1. The highest BCUT2D eigenvalue weighted by Gasteiger charge is 2.05. The van der Waals surface area contributed by atoms with E-state index >= 15 is 0 Å². The van der Waals surface area contributed by atoms with Gasteiger partial charge in [-0.05, 0) is 41.1 Å². The molecule has 1 heterocycles. The van der Waals surface area contributed by atoms with Gasteiger partial charge in [-0.1, -0.05) is 38.3 Å². The minimum Gasteiger partial charge on any atom is -0.331 e. The lowest BCUT2D eigenvalue weighted by atomic mass is 10.2. The van der Waals surface area contributed by atoms with E-state index in [1.54, 1.807) is 0 Å². The zero-order chi connectivity index (χ0) is 12.8. The van der Waals surface area contributed by atoms with E-state index in [-0.39, 0.29) is 0 Å². The summed E-state index contributed by atoms with van der Waals surface area (Å²) in [5.74, 6) is 1.09. The number of nitrogens with zero attached hydrogens (tertiary/aromatic N) is 2. The molecule has 0 radical (unpaired) electrons. The van der Waals surface area contributed by atoms with Crippen LogP contribution in [0.15, 0.2) is 36.7 Å². The van der Waals surface area contributed by atoms with Crippen molar-refractivity contribution in [1.29, 1.82) is 0 Å². The summed E-state index contributed by atoms with van der Waals surface area (Å²) >= 11 is 2.34. The van der Waals surface area contributed by atoms with Crippen molar-refractivity contribution in [2.45, 2.75) is 39.2 Å². The largest absolute Gasteiger partial charge is 0.331 e. The fourth-order valence-electron chi connectivity index (χ4n) is 2.09. The van der Waals surface area contributed by atoms with Crippen LogP contribution in [0.2, 0.25) is 0 Å². The molecule has 18 heavy (non-hydrogen) atoms. The van der Waals surface area contributed by atoms with Gasteiger partial charge in [-0.3, -0.25) is 0 Å². The summed E-state index contributed by atoms with van der Waals surface area (Å²) in [5.41, 5.74) is 1.21. The topological polar surface area (TPSA) is 17.8 Å². The second kappa shape index (κ2) is 6.92. The quantitative estimate of drug-likeness (QED) is 0.541. The summed E-state index contributed by atoms with van der Waals surface area (Å²) in [6.07, 6.45) is 9.14. The zero-order valence-electron chi connectivity index (χ0n) is 10.8. The molecule has 0 bridgehead atoms. The number of aromatic nitrogens is 2. The summed E-state index contributed by atoms with van der Waals surface area (Å²) in [7, 11) is 0. The van der Waals surface area contributed by atoms with Crippen LogP contribution >= 0.6 is 22.6 Å². The number of unbranched alkanes of at least 4 members (excludes halogenated alkanes) is 3. The molecule has 0 aliphatic carbocycles. The number of hydrogen-bond donors (Lipinski definition) is 0. The fourth-order valence-corrected chi connectivity index (χ4v) is 2.63. The molecule has 1 aromatic heterocycles. The third-order valence-electron chi connectivity index (χ3n) is 3.05. The lowest BCUT2D eigenvalue weighted by molar-refractivity contribution is 0.586. The van der Waals surface area contributed by atoms with E-state index in [2.05, 4.69) is 69.5 Å². The molecule has 0 saturated heterocycles. The fraction of sp³-hybridized carbons (Fsp3) is 0.400. The molecule has 0 saturated carbocycles. The lowest BCUT2D eigenvalue weighted by Crippen LogP contribution is -1.99. The van der Waals surface area contributed by atoms with Crippen LogP contribution in [0.3, 0.4) is 0 Å². The maximum atomic E-state index is 4.49. The standard InChI is InChI=1S/C15H19IN2/c1-2-3-4-5-10-18-11-9-17-15(18)13-7-6-8-14(16)12-13/h6-9,11-12H,2-5,10H2,1H3. The Morgan fingerprint density at radius 1 is 1.22 bits per heavy atom. The van der Waals surface area contributed by atoms with Gasteiger partial charge >= 0.3 is 0 Å². The van der Waals surface area contributed by atoms with Gasteiger partial charge in [0.1, 0.15) is 5.82 Å². The van der Waals surface area contributed by atoms with Crippen molar-refractivity contribution >= 4 is 22.6 Å². The maximum Gasteiger partial charge on any atom is 0.139 e. The first kappa shape index (κ1) is 13.6. The van der Waals surface area contributed by atoms with Crippen LogP contribution in [0.25, 0.3) is 11.4 Å². The second-order valence-electron chi connectivity index (χ2n) is 4.52. The van der Waals surface area contributed by atoms with E-state index in [0.29, 0.717) is 0 Å². The minimum atomic E-state index is 1.07. The van der Waals surface area contributed by atoms with E-state index in [1.807, 2.05) is 6.20 Å². The van der Waals surface area contributed by atoms with E-state index in [1.165, 1.54) is 34.8 Å². The average molecular weight is 354 g/mol. The Morgan fingerprint density at radius 2 is 2.11 bits per heavy atom. The van der Waals surface area contributed by atoms with Crippen molar-refractivity contribution in [3.63, 3.8) is 0 Å². The Hall–Kier alpha value is -0.840. The smallest absolute Gasteiger partial charge is 0.139 e. The first-order valence-electron chi connectivity index (χ1n) is 6.58. The molecule has 96 valence electrons. The highest BCUT2D eigenvalue weighted by atomic mass is 127. The molecule has 2 rings (SSSR count). The van der Waals surface area contributed by atoms with Gasteiger partial charge in [0.2, 0.25) is 0 Å². The molecule has 2 aromatic rings.